The number of ketones is 1. The van der Waals surface area contributed by atoms with Gasteiger partial charge in [-0.15, -0.1) is 0 Å². The molecule has 6 atom stereocenters. The minimum absolute atomic E-state index is 0.0480. The van der Waals surface area contributed by atoms with Crippen LogP contribution in [0.1, 0.15) is 53.4 Å². The first-order valence-corrected chi connectivity index (χ1v) is 12.3. The van der Waals surface area contributed by atoms with E-state index in [0.29, 0.717) is 43.8 Å². The van der Waals surface area contributed by atoms with E-state index >= 15 is 0 Å². The molecule has 3 aliphatic carbocycles. The molecule has 1 aliphatic heterocycles. The molecule has 0 radical (unpaired) electrons. The van der Waals surface area contributed by atoms with Gasteiger partial charge in [-0.2, -0.15) is 0 Å². The van der Waals surface area contributed by atoms with E-state index in [2.05, 4.69) is 36.4 Å². The number of hydrogen-bond donors (Lipinski definition) is 3. The smallest absolute Gasteiger partial charge is 0.289 e. The van der Waals surface area contributed by atoms with Crippen molar-refractivity contribution >= 4 is 29.9 Å². The quantitative estimate of drug-likeness (QED) is 0.230. The van der Waals surface area contributed by atoms with Crippen molar-refractivity contribution in [1.82, 2.24) is 20.9 Å². The van der Waals surface area contributed by atoms with Crippen molar-refractivity contribution in [3.05, 3.63) is 12.2 Å². The lowest BCUT2D eigenvalue weighted by molar-refractivity contribution is -0.144. The Bertz CT molecular complexity index is 942. The van der Waals surface area contributed by atoms with E-state index in [1.54, 1.807) is 6.92 Å². The van der Waals surface area contributed by atoms with Gasteiger partial charge in [0.25, 0.3) is 5.91 Å². The van der Waals surface area contributed by atoms with Crippen molar-refractivity contribution in [2.24, 2.45) is 29.1 Å². The van der Waals surface area contributed by atoms with Crippen LogP contribution in [0.4, 0.5) is 0 Å². The Morgan fingerprint density at radius 3 is 2.41 bits per heavy atom. The van der Waals surface area contributed by atoms with E-state index in [1.807, 2.05) is 6.92 Å². The molecule has 3 N–H and O–H groups in total. The van der Waals surface area contributed by atoms with Crippen LogP contribution >= 0.6 is 0 Å². The van der Waals surface area contributed by atoms with Crippen LogP contribution < -0.4 is 16.0 Å². The molecular formula is C25H36N4O5. The third-order valence-electron chi connectivity index (χ3n) is 8.54. The van der Waals surface area contributed by atoms with E-state index in [-0.39, 0.29) is 29.1 Å². The monoisotopic (exact) mass is 472 g/mol. The molecule has 1 saturated heterocycles. The van der Waals surface area contributed by atoms with E-state index in [0.717, 1.165) is 12.8 Å². The van der Waals surface area contributed by atoms with Crippen LogP contribution in [0.3, 0.4) is 0 Å². The molecule has 0 aromatic carbocycles. The van der Waals surface area contributed by atoms with Crippen LogP contribution in [0, 0.1) is 29.1 Å². The molecule has 34 heavy (non-hydrogen) atoms. The van der Waals surface area contributed by atoms with Gasteiger partial charge in [-0.25, -0.2) is 0 Å². The Hall–Kier alpha value is -2.71. The first-order chi connectivity index (χ1) is 16.0. The van der Waals surface area contributed by atoms with Crippen molar-refractivity contribution < 1.29 is 24.0 Å². The Labute approximate surface area is 200 Å². The number of amides is 4. The molecule has 0 aromatic rings. The number of carbonyl (C=O) groups is 5. The van der Waals surface area contributed by atoms with Crippen LogP contribution in [0.5, 0.6) is 0 Å². The Kier molecular flexibility index (Phi) is 6.10. The summed E-state index contributed by atoms with van der Waals surface area (Å²) < 4.78 is 0. The minimum atomic E-state index is -1.21. The summed E-state index contributed by atoms with van der Waals surface area (Å²) in [5, 5.41) is 8.14. The SMILES string of the molecule is C=C(C)[C@H](NC=O)C(=O)N1C[C@H]2[C@@H]([C@H]1C(=O)N[C@@]1(C(=O)C(=O)NCC3CC3)C[C@H]1CC)C2(C)C. The fraction of sp³-hybridized carbons (Fsp3) is 0.720. The predicted molar refractivity (Wildman–Crippen MR) is 124 cm³/mol. The normalized spacial score (nSPS) is 33.2. The molecule has 4 amide bonds. The zero-order valence-corrected chi connectivity index (χ0v) is 20.5. The predicted octanol–water partition coefficient (Wildman–Crippen LogP) is 0.540. The third kappa shape index (κ3) is 4.03. The fourth-order valence-electron chi connectivity index (χ4n) is 5.92. The number of fused-ring (bicyclic) bond motifs is 1. The van der Waals surface area contributed by atoms with Gasteiger partial charge >= 0.3 is 0 Å². The summed E-state index contributed by atoms with van der Waals surface area (Å²) >= 11 is 0. The molecule has 3 saturated carbocycles. The summed E-state index contributed by atoms with van der Waals surface area (Å²) in [6.07, 6.45) is 3.65. The fourth-order valence-corrected chi connectivity index (χ4v) is 5.92. The number of nitrogens with one attached hydrogen (secondary N) is 3. The van der Waals surface area contributed by atoms with E-state index in [1.165, 1.54) is 4.90 Å². The summed E-state index contributed by atoms with van der Waals surface area (Å²) in [6.45, 7) is 12.4. The summed E-state index contributed by atoms with van der Waals surface area (Å²) in [5.74, 6) is -1.59. The molecule has 4 fully saturated rings. The summed E-state index contributed by atoms with van der Waals surface area (Å²) in [6, 6.07) is -1.68. The van der Waals surface area contributed by atoms with Crippen LogP contribution in [0.15, 0.2) is 12.2 Å². The zero-order valence-electron chi connectivity index (χ0n) is 20.5. The van der Waals surface area contributed by atoms with Gasteiger partial charge in [0, 0.05) is 13.1 Å². The molecule has 9 heteroatoms. The molecular weight excluding hydrogens is 436 g/mol. The van der Waals surface area contributed by atoms with Gasteiger partial charge in [0.1, 0.15) is 17.6 Å². The highest BCUT2D eigenvalue weighted by Gasteiger charge is 2.71. The van der Waals surface area contributed by atoms with Gasteiger partial charge in [0.15, 0.2) is 0 Å². The second-order valence-corrected chi connectivity index (χ2v) is 11.2. The molecule has 1 heterocycles. The van der Waals surface area contributed by atoms with Gasteiger partial charge in [-0.1, -0.05) is 33.8 Å². The average molecular weight is 473 g/mol. The molecule has 186 valence electrons. The Balaban J connectivity index is 1.53. The summed E-state index contributed by atoms with van der Waals surface area (Å²) in [7, 11) is 0. The molecule has 0 spiro atoms. The van der Waals surface area contributed by atoms with Gasteiger partial charge in [0.2, 0.25) is 24.0 Å². The number of Topliss-reactive ketones (excluding diaryl/α,β-unsaturated/α-hetero) is 1. The standard InChI is InChI=1S/C25H36N4O5/c1-6-15-9-25(15,20(31)22(33)26-10-14-7-8-14)28-21(32)19-17-16(24(17,4)5)11-29(19)23(34)18(13(2)3)27-12-30/h12,14-19H,2,6-11H2,1,3-5H3,(H,26,33)(H,27,30)(H,28,32)/t15-,16+,17+,18+,19+,25+/m1/s1. The Morgan fingerprint density at radius 2 is 1.88 bits per heavy atom. The average Bonchev–Trinajstić information content (AvgIpc) is 3.73. The van der Waals surface area contributed by atoms with Gasteiger partial charge in [-0.3, -0.25) is 24.0 Å². The first-order valence-electron chi connectivity index (χ1n) is 12.3. The highest BCUT2D eigenvalue weighted by Crippen LogP contribution is 2.65. The van der Waals surface area contributed by atoms with Crippen LogP contribution in [-0.2, 0) is 24.0 Å². The maximum Gasteiger partial charge on any atom is 0.289 e. The second-order valence-electron chi connectivity index (χ2n) is 11.2. The van der Waals surface area contributed by atoms with Gasteiger partial charge in [0.05, 0.1) is 0 Å². The van der Waals surface area contributed by atoms with Crippen molar-refractivity contribution in [3.63, 3.8) is 0 Å². The summed E-state index contributed by atoms with van der Waals surface area (Å²) in [5.41, 5.74) is -0.842. The molecule has 9 nitrogen and oxygen atoms in total. The number of rotatable bonds is 11. The summed E-state index contributed by atoms with van der Waals surface area (Å²) in [4.78, 5) is 65.2. The molecule has 4 rings (SSSR count). The van der Waals surface area contributed by atoms with E-state index in [9.17, 15) is 24.0 Å². The third-order valence-corrected chi connectivity index (χ3v) is 8.54. The van der Waals surface area contributed by atoms with Crippen LogP contribution in [-0.4, -0.2) is 65.5 Å². The van der Waals surface area contributed by atoms with Crippen LogP contribution in [0.25, 0.3) is 0 Å². The molecule has 4 aliphatic rings. The lowest BCUT2D eigenvalue weighted by Crippen LogP contribution is -2.59. The highest BCUT2D eigenvalue weighted by molar-refractivity contribution is 6.41. The van der Waals surface area contributed by atoms with Gasteiger partial charge in [-0.05, 0) is 60.8 Å². The Morgan fingerprint density at radius 1 is 1.21 bits per heavy atom. The highest BCUT2D eigenvalue weighted by atomic mass is 16.2. The number of nitrogens with zero attached hydrogens (tertiary/aromatic N) is 1. The zero-order chi connectivity index (χ0) is 25.0. The molecule has 0 bridgehead atoms. The number of likely N-dealkylation sites (tertiary alicyclic amines) is 1. The first kappa shape index (κ1) is 24.4. The van der Waals surface area contributed by atoms with Crippen molar-refractivity contribution in [2.45, 2.75) is 71.0 Å². The largest absolute Gasteiger partial charge is 0.349 e. The maximum absolute atomic E-state index is 13.7. The van der Waals surface area contributed by atoms with Crippen molar-refractivity contribution in [1.29, 1.82) is 0 Å². The minimum Gasteiger partial charge on any atom is -0.349 e. The van der Waals surface area contributed by atoms with Crippen molar-refractivity contribution in [3.8, 4) is 0 Å². The number of hydrogen-bond acceptors (Lipinski definition) is 5. The van der Waals surface area contributed by atoms with Crippen LogP contribution in [0.2, 0.25) is 0 Å². The van der Waals surface area contributed by atoms with Crippen molar-refractivity contribution in [2.75, 3.05) is 13.1 Å². The maximum atomic E-state index is 13.7. The lowest BCUT2D eigenvalue weighted by Gasteiger charge is -2.33. The molecule has 0 aromatic heterocycles. The second kappa shape index (κ2) is 8.50. The lowest BCUT2D eigenvalue weighted by atomic mass is 9.97. The number of piperidine rings is 1. The van der Waals surface area contributed by atoms with E-state index < -0.39 is 35.2 Å². The molecule has 0 unspecified atom stereocenters. The van der Waals surface area contributed by atoms with E-state index in [4.69, 9.17) is 0 Å². The van der Waals surface area contributed by atoms with Gasteiger partial charge < -0.3 is 20.9 Å². The topological polar surface area (TPSA) is 125 Å². The number of carbonyl (C=O) groups excluding carboxylic acids is 5.